The van der Waals surface area contributed by atoms with Crippen molar-refractivity contribution in [1.82, 2.24) is 5.32 Å². The van der Waals surface area contributed by atoms with Crippen molar-refractivity contribution < 1.29 is 23.5 Å². The maximum absolute atomic E-state index is 14.6. The Morgan fingerprint density at radius 1 is 1.09 bits per heavy atom. The Labute approximate surface area is 267 Å². The average Bonchev–Trinajstić information content (AvgIpc) is 2.99. The fourth-order valence-electron chi connectivity index (χ4n) is 5.31. The van der Waals surface area contributed by atoms with Crippen LogP contribution in [0.1, 0.15) is 58.2 Å². The summed E-state index contributed by atoms with van der Waals surface area (Å²) in [5, 5.41) is 3.07. The van der Waals surface area contributed by atoms with Crippen molar-refractivity contribution in [2.75, 3.05) is 29.5 Å². The lowest BCUT2D eigenvalue weighted by Crippen LogP contribution is -2.52. The third-order valence-corrected chi connectivity index (χ3v) is 7.85. The van der Waals surface area contributed by atoms with Gasteiger partial charge in [0.25, 0.3) is 5.91 Å². The topological polar surface area (TPSA) is 71.1 Å². The van der Waals surface area contributed by atoms with Gasteiger partial charge in [-0.05, 0) is 102 Å². The Hall–Kier alpha value is -4.03. The summed E-state index contributed by atoms with van der Waals surface area (Å²) in [7, 11) is 0. The lowest BCUT2D eigenvalue weighted by molar-refractivity contribution is -0.131. The van der Waals surface area contributed by atoms with E-state index in [-0.39, 0.29) is 12.4 Å². The van der Waals surface area contributed by atoms with Gasteiger partial charge in [0, 0.05) is 46.1 Å². The molecule has 7 nitrogen and oxygen atoms in total. The Balaban J connectivity index is 1.89. The number of anilines is 2. The predicted molar refractivity (Wildman–Crippen MR) is 176 cm³/mol. The maximum Gasteiger partial charge on any atom is 0.269 e. The van der Waals surface area contributed by atoms with Gasteiger partial charge < -0.3 is 19.7 Å². The Bertz CT molecular complexity index is 1530. The van der Waals surface area contributed by atoms with Crippen molar-refractivity contribution in [3.8, 4) is 23.8 Å². The highest BCUT2D eigenvalue weighted by molar-refractivity contribution is 9.10. The SMILES string of the molecule is C#CCOc1cc(N(CC)CC)ccc1C(C(=O)NC(C)(C)C)N(C(=O)C1CCc2cc(F)ccc2O1)c1ccc(Br)cc1. The molecule has 1 aliphatic rings. The third kappa shape index (κ3) is 7.72. The van der Waals surface area contributed by atoms with E-state index in [4.69, 9.17) is 15.9 Å². The molecular formula is C35H39BrFN3O4. The molecule has 9 heteroatoms. The van der Waals surface area contributed by atoms with E-state index in [0.717, 1.165) is 23.2 Å². The monoisotopic (exact) mass is 663 g/mol. The second-order valence-electron chi connectivity index (χ2n) is 11.6. The highest BCUT2D eigenvalue weighted by Crippen LogP contribution is 2.39. The zero-order chi connectivity index (χ0) is 32.0. The van der Waals surface area contributed by atoms with Crippen molar-refractivity contribution in [2.24, 2.45) is 0 Å². The number of terminal acetylenes is 1. The standard InChI is InChI=1S/C35H39BrFN3O4/c1-7-20-43-31-22-27(39(8-2)9-3)16-17-28(31)32(33(41)38-35(4,5)6)40(26-14-11-24(36)12-15-26)34(42)30-18-10-23-21-25(37)13-19-29(23)44-30/h1,11-17,19,21-22,30,32H,8-10,18,20H2,2-6H3,(H,38,41). The van der Waals surface area contributed by atoms with E-state index >= 15 is 0 Å². The second kappa shape index (κ2) is 14.2. The summed E-state index contributed by atoms with van der Waals surface area (Å²) < 4.78 is 26.9. The predicted octanol–water partition coefficient (Wildman–Crippen LogP) is 6.83. The molecule has 0 fully saturated rings. The van der Waals surface area contributed by atoms with Crippen LogP contribution in [0.2, 0.25) is 0 Å². The van der Waals surface area contributed by atoms with Crippen LogP contribution >= 0.6 is 15.9 Å². The van der Waals surface area contributed by atoms with Crippen LogP contribution in [0.3, 0.4) is 0 Å². The summed E-state index contributed by atoms with van der Waals surface area (Å²) in [6.07, 6.45) is 5.44. The number of amides is 2. The summed E-state index contributed by atoms with van der Waals surface area (Å²) in [5.74, 6) is 2.20. The van der Waals surface area contributed by atoms with Crippen molar-refractivity contribution in [3.63, 3.8) is 0 Å². The number of nitrogens with zero attached hydrogens (tertiary/aromatic N) is 2. The minimum atomic E-state index is -1.14. The minimum Gasteiger partial charge on any atom is -0.480 e. The zero-order valence-corrected chi connectivity index (χ0v) is 27.4. The third-order valence-electron chi connectivity index (χ3n) is 7.32. The van der Waals surface area contributed by atoms with E-state index in [0.29, 0.717) is 41.2 Å². The zero-order valence-electron chi connectivity index (χ0n) is 25.8. The van der Waals surface area contributed by atoms with Crippen LogP contribution < -0.4 is 24.6 Å². The molecule has 0 aromatic heterocycles. The summed E-state index contributed by atoms with van der Waals surface area (Å²) in [6, 6.07) is 15.9. The fourth-order valence-corrected chi connectivity index (χ4v) is 5.57. The molecule has 0 radical (unpaired) electrons. The molecule has 2 unspecified atom stereocenters. The number of hydrogen-bond acceptors (Lipinski definition) is 5. The van der Waals surface area contributed by atoms with Gasteiger partial charge in [0.15, 0.2) is 6.10 Å². The molecule has 0 aliphatic carbocycles. The average molecular weight is 665 g/mol. The smallest absolute Gasteiger partial charge is 0.269 e. The van der Waals surface area contributed by atoms with Gasteiger partial charge in [0.1, 0.15) is 30.0 Å². The lowest BCUT2D eigenvalue weighted by atomic mass is 9.96. The Morgan fingerprint density at radius 3 is 2.41 bits per heavy atom. The second-order valence-corrected chi connectivity index (χ2v) is 12.5. The highest BCUT2D eigenvalue weighted by atomic mass is 79.9. The number of fused-ring (bicyclic) bond motifs is 1. The molecule has 44 heavy (non-hydrogen) atoms. The van der Waals surface area contributed by atoms with Crippen LogP contribution in [0.15, 0.2) is 65.1 Å². The van der Waals surface area contributed by atoms with E-state index in [1.807, 2.05) is 51.1 Å². The van der Waals surface area contributed by atoms with Crippen LogP contribution in [0.4, 0.5) is 15.8 Å². The molecule has 0 bridgehead atoms. The normalized spacial score (nSPS) is 14.8. The molecule has 1 aliphatic heterocycles. The lowest BCUT2D eigenvalue weighted by Gasteiger charge is -2.37. The first-order valence-electron chi connectivity index (χ1n) is 14.8. The molecule has 0 spiro atoms. The van der Waals surface area contributed by atoms with Crippen LogP contribution in [0.25, 0.3) is 0 Å². The number of benzene rings is 3. The van der Waals surface area contributed by atoms with Gasteiger partial charge in [0.2, 0.25) is 5.91 Å². The van der Waals surface area contributed by atoms with Crippen molar-refractivity contribution in [2.45, 2.75) is 65.1 Å². The Morgan fingerprint density at radius 2 is 1.77 bits per heavy atom. The van der Waals surface area contributed by atoms with Crippen molar-refractivity contribution >= 4 is 39.1 Å². The molecule has 232 valence electrons. The van der Waals surface area contributed by atoms with Gasteiger partial charge in [0.05, 0.1) is 0 Å². The van der Waals surface area contributed by atoms with Crippen LogP contribution in [0, 0.1) is 18.2 Å². The quantitative estimate of drug-likeness (QED) is 0.241. The van der Waals surface area contributed by atoms with Crippen LogP contribution in [0.5, 0.6) is 11.5 Å². The van der Waals surface area contributed by atoms with Gasteiger partial charge >= 0.3 is 0 Å². The van der Waals surface area contributed by atoms with Crippen LogP contribution in [-0.2, 0) is 16.0 Å². The number of nitrogens with one attached hydrogen (secondary N) is 1. The summed E-state index contributed by atoms with van der Waals surface area (Å²) >= 11 is 3.48. The molecule has 4 rings (SSSR count). The molecule has 3 aromatic rings. The molecule has 0 saturated carbocycles. The van der Waals surface area contributed by atoms with E-state index in [1.54, 1.807) is 12.1 Å². The number of halogens is 2. The molecule has 0 saturated heterocycles. The molecule has 1 heterocycles. The summed E-state index contributed by atoms with van der Waals surface area (Å²) in [6.45, 7) is 11.3. The molecule has 2 amide bonds. The Kier molecular flexibility index (Phi) is 10.6. The minimum absolute atomic E-state index is 0.0202. The summed E-state index contributed by atoms with van der Waals surface area (Å²) in [4.78, 5) is 32.5. The van der Waals surface area contributed by atoms with Crippen molar-refractivity contribution in [3.05, 3.63) is 82.1 Å². The number of ether oxygens (including phenoxy) is 2. The van der Waals surface area contributed by atoms with E-state index < -0.39 is 29.5 Å². The first kappa shape index (κ1) is 32.9. The molecule has 2 atom stereocenters. The first-order valence-corrected chi connectivity index (χ1v) is 15.6. The van der Waals surface area contributed by atoms with Gasteiger partial charge in [-0.3, -0.25) is 14.5 Å². The summed E-state index contributed by atoms with van der Waals surface area (Å²) in [5.41, 5.74) is 1.98. The molecule has 3 aromatic carbocycles. The van der Waals surface area contributed by atoms with E-state index in [2.05, 4.69) is 45.9 Å². The molecular weight excluding hydrogens is 625 g/mol. The number of carbonyl (C=O) groups is 2. The number of hydrogen-bond donors (Lipinski definition) is 1. The number of carbonyl (C=O) groups excluding carboxylic acids is 2. The number of rotatable bonds is 10. The molecule has 1 N–H and O–H groups in total. The largest absolute Gasteiger partial charge is 0.480 e. The van der Waals surface area contributed by atoms with Gasteiger partial charge in [-0.25, -0.2) is 4.39 Å². The van der Waals surface area contributed by atoms with E-state index in [1.165, 1.54) is 23.1 Å². The van der Waals surface area contributed by atoms with Gasteiger partial charge in [-0.1, -0.05) is 27.9 Å². The van der Waals surface area contributed by atoms with Gasteiger partial charge in [-0.15, -0.1) is 6.42 Å². The first-order chi connectivity index (χ1) is 20.9. The van der Waals surface area contributed by atoms with E-state index in [9.17, 15) is 14.0 Å². The maximum atomic E-state index is 14.6. The fraction of sp³-hybridized carbons (Fsp3) is 0.371. The van der Waals surface area contributed by atoms with Crippen molar-refractivity contribution in [1.29, 1.82) is 0 Å². The number of aryl methyl sites for hydroxylation is 1. The highest BCUT2D eigenvalue weighted by Gasteiger charge is 2.40. The van der Waals surface area contributed by atoms with Gasteiger partial charge in [-0.2, -0.15) is 0 Å². The van der Waals surface area contributed by atoms with Crippen LogP contribution in [-0.4, -0.2) is 43.2 Å².